The Kier molecular flexibility index (Phi) is 3.25. The van der Waals surface area contributed by atoms with Gasteiger partial charge in [0.25, 0.3) is 0 Å². The van der Waals surface area contributed by atoms with Crippen LogP contribution in [0, 0.1) is 6.92 Å². The molecule has 0 saturated heterocycles. The van der Waals surface area contributed by atoms with Crippen molar-refractivity contribution in [3.05, 3.63) is 23.9 Å². The quantitative estimate of drug-likeness (QED) is 0.704. The van der Waals surface area contributed by atoms with Crippen LogP contribution in [-0.2, 0) is 9.53 Å². The van der Waals surface area contributed by atoms with Crippen LogP contribution in [0.4, 0.5) is 5.82 Å². The third kappa shape index (κ3) is 3.11. The Balaban J connectivity index is 2.50. The standard InChI is InChI=1S/C9H12N2O2/c1-7-3-4-10-8(5-7)11-6-9(12)13-2/h3-5H,6H2,1-2H3,(H,10,11). The van der Waals surface area contributed by atoms with Crippen LogP contribution in [0.2, 0.25) is 0 Å². The third-order valence-corrected chi connectivity index (χ3v) is 1.56. The highest BCUT2D eigenvalue weighted by atomic mass is 16.5. The molecule has 70 valence electrons. The maximum Gasteiger partial charge on any atom is 0.325 e. The van der Waals surface area contributed by atoms with Gasteiger partial charge in [-0.05, 0) is 24.6 Å². The number of hydrogen-bond acceptors (Lipinski definition) is 4. The van der Waals surface area contributed by atoms with Gasteiger partial charge in [-0.25, -0.2) is 4.98 Å². The zero-order valence-corrected chi connectivity index (χ0v) is 7.70. The fraction of sp³-hybridized carbons (Fsp3) is 0.333. The summed E-state index contributed by atoms with van der Waals surface area (Å²) in [6.07, 6.45) is 1.69. The number of carbonyl (C=O) groups excluding carboxylic acids is 1. The first-order chi connectivity index (χ1) is 6.22. The summed E-state index contributed by atoms with van der Waals surface area (Å²) in [5.41, 5.74) is 1.10. The number of hydrogen-bond donors (Lipinski definition) is 1. The van der Waals surface area contributed by atoms with Gasteiger partial charge in [0.05, 0.1) is 7.11 Å². The number of pyridine rings is 1. The van der Waals surface area contributed by atoms with Gasteiger partial charge in [0, 0.05) is 6.20 Å². The van der Waals surface area contributed by atoms with Crippen LogP contribution >= 0.6 is 0 Å². The van der Waals surface area contributed by atoms with Gasteiger partial charge in [-0.3, -0.25) is 4.79 Å². The van der Waals surface area contributed by atoms with E-state index in [1.165, 1.54) is 7.11 Å². The molecule has 1 aromatic rings. The van der Waals surface area contributed by atoms with E-state index in [0.29, 0.717) is 5.82 Å². The number of rotatable bonds is 3. The number of ether oxygens (including phenoxy) is 1. The van der Waals surface area contributed by atoms with Crippen molar-refractivity contribution in [2.45, 2.75) is 6.92 Å². The second-order valence-corrected chi connectivity index (χ2v) is 2.65. The van der Waals surface area contributed by atoms with E-state index in [9.17, 15) is 4.79 Å². The molecule has 4 nitrogen and oxygen atoms in total. The summed E-state index contributed by atoms with van der Waals surface area (Å²) >= 11 is 0. The smallest absolute Gasteiger partial charge is 0.325 e. The molecule has 13 heavy (non-hydrogen) atoms. The Hall–Kier alpha value is -1.58. The van der Waals surface area contributed by atoms with Crippen LogP contribution in [0.3, 0.4) is 0 Å². The molecule has 0 saturated carbocycles. The van der Waals surface area contributed by atoms with E-state index < -0.39 is 0 Å². The normalized spacial score (nSPS) is 9.38. The van der Waals surface area contributed by atoms with E-state index in [4.69, 9.17) is 0 Å². The number of methoxy groups -OCH3 is 1. The van der Waals surface area contributed by atoms with Crippen molar-refractivity contribution in [1.29, 1.82) is 0 Å². The third-order valence-electron chi connectivity index (χ3n) is 1.56. The molecule has 0 aromatic carbocycles. The lowest BCUT2D eigenvalue weighted by molar-refractivity contribution is -0.138. The molecule has 0 spiro atoms. The van der Waals surface area contributed by atoms with Crippen LogP contribution in [-0.4, -0.2) is 24.6 Å². The maximum atomic E-state index is 10.8. The number of nitrogens with zero attached hydrogens (tertiary/aromatic N) is 1. The van der Waals surface area contributed by atoms with Crippen LogP contribution in [0.5, 0.6) is 0 Å². The molecular weight excluding hydrogens is 168 g/mol. The molecule has 0 fully saturated rings. The van der Waals surface area contributed by atoms with Crippen molar-refractivity contribution in [2.75, 3.05) is 19.0 Å². The van der Waals surface area contributed by atoms with Gasteiger partial charge in [-0.1, -0.05) is 0 Å². The molecule has 4 heteroatoms. The number of nitrogens with one attached hydrogen (secondary N) is 1. The minimum Gasteiger partial charge on any atom is -0.468 e. The summed E-state index contributed by atoms with van der Waals surface area (Å²) in [4.78, 5) is 14.8. The molecule has 0 aliphatic heterocycles. The second-order valence-electron chi connectivity index (χ2n) is 2.65. The minimum absolute atomic E-state index is 0.146. The number of aromatic nitrogens is 1. The zero-order chi connectivity index (χ0) is 9.68. The molecule has 1 aromatic heterocycles. The monoisotopic (exact) mass is 180 g/mol. The van der Waals surface area contributed by atoms with Crippen molar-refractivity contribution in [1.82, 2.24) is 4.98 Å². The Morgan fingerprint density at radius 2 is 2.46 bits per heavy atom. The summed E-state index contributed by atoms with van der Waals surface area (Å²) in [6.45, 7) is 2.11. The van der Waals surface area contributed by atoms with Gasteiger partial charge < -0.3 is 10.1 Å². The van der Waals surface area contributed by atoms with Crippen molar-refractivity contribution >= 4 is 11.8 Å². The average Bonchev–Trinajstić information content (AvgIpc) is 2.14. The van der Waals surface area contributed by atoms with Crippen LogP contribution < -0.4 is 5.32 Å². The molecule has 0 unspecified atom stereocenters. The summed E-state index contributed by atoms with van der Waals surface area (Å²) in [5, 5.41) is 2.85. The van der Waals surface area contributed by atoms with E-state index >= 15 is 0 Å². The molecule has 1 heterocycles. The SMILES string of the molecule is COC(=O)CNc1cc(C)ccn1. The van der Waals surface area contributed by atoms with E-state index in [2.05, 4.69) is 15.0 Å². The summed E-state index contributed by atoms with van der Waals surface area (Å²) in [5.74, 6) is 0.383. The van der Waals surface area contributed by atoms with Gasteiger partial charge in [0.2, 0.25) is 0 Å². The molecule has 0 aliphatic rings. The Morgan fingerprint density at radius 3 is 3.08 bits per heavy atom. The lowest BCUT2D eigenvalue weighted by atomic mass is 10.3. The van der Waals surface area contributed by atoms with Gasteiger partial charge in [0.1, 0.15) is 12.4 Å². The van der Waals surface area contributed by atoms with E-state index in [1.807, 2.05) is 19.1 Å². The largest absolute Gasteiger partial charge is 0.468 e. The summed E-state index contributed by atoms with van der Waals surface area (Å²) < 4.78 is 4.47. The molecule has 0 amide bonds. The first kappa shape index (κ1) is 9.51. The van der Waals surface area contributed by atoms with Crippen LogP contribution in [0.15, 0.2) is 18.3 Å². The molecule has 1 N–H and O–H groups in total. The molecular formula is C9H12N2O2. The number of aryl methyl sites for hydroxylation is 1. The molecule has 0 aliphatic carbocycles. The maximum absolute atomic E-state index is 10.8. The van der Waals surface area contributed by atoms with Gasteiger partial charge >= 0.3 is 5.97 Å². The van der Waals surface area contributed by atoms with Crippen molar-refractivity contribution in [3.63, 3.8) is 0 Å². The highest BCUT2D eigenvalue weighted by molar-refractivity contribution is 5.74. The first-order valence-electron chi connectivity index (χ1n) is 3.95. The van der Waals surface area contributed by atoms with Crippen molar-refractivity contribution in [2.24, 2.45) is 0 Å². The number of carbonyl (C=O) groups is 1. The first-order valence-corrected chi connectivity index (χ1v) is 3.95. The topological polar surface area (TPSA) is 51.2 Å². The minimum atomic E-state index is -0.302. The molecule has 0 radical (unpaired) electrons. The van der Waals surface area contributed by atoms with E-state index in [0.717, 1.165) is 5.56 Å². The fourth-order valence-electron chi connectivity index (χ4n) is 0.868. The van der Waals surface area contributed by atoms with Crippen molar-refractivity contribution < 1.29 is 9.53 Å². The van der Waals surface area contributed by atoms with Gasteiger partial charge in [-0.2, -0.15) is 0 Å². The number of anilines is 1. The average molecular weight is 180 g/mol. The predicted molar refractivity (Wildman–Crippen MR) is 49.5 cm³/mol. The Morgan fingerprint density at radius 1 is 1.69 bits per heavy atom. The van der Waals surface area contributed by atoms with E-state index in [1.54, 1.807) is 6.20 Å². The molecule has 0 atom stereocenters. The number of esters is 1. The fourth-order valence-corrected chi connectivity index (χ4v) is 0.868. The summed E-state index contributed by atoms with van der Waals surface area (Å²) in [6, 6.07) is 3.76. The lowest BCUT2D eigenvalue weighted by Gasteiger charge is -2.03. The van der Waals surface area contributed by atoms with Crippen molar-refractivity contribution in [3.8, 4) is 0 Å². The second kappa shape index (κ2) is 4.45. The van der Waals surface area contributed by atoms with Crippen LogP contribution in [0.25, 0.3) is 0 Å². The zero-order valence-electron chi connectivity index (χ0n) is 7.70. The van der Waals surface area contributed by atoms with E-state index in [-0.39, 0.29) is 12.5 Å². The Labute approximate surface area is 76.9 Å². The molecule has 0 bridgehead atoms. The van der Waals surface area contributed by atoms with Gasteiger partial charge in [0.15, 0.2) is 0 Å². The summed E-state index contributed by atoms with van der Waals surface area (Å²) in [7, 11) is 1.35. The van der Waals surface area contributed by atoms with Crippen LogP contribution in [0.1, 0.15) is 5.56 Å². The highest BCUT2D eigenvalue weighted by Crippen LogP contribution is 2.04. The lowest BCUT2D eigenvalue weighted by Crippen LogP contribution is -2.15. The highest BCUT2D eigenvalue weighted by Gasteiger charge is 1.99. The van der Waals surface area contributed by atoms with Gasteiger partial charge in [-0.15, -0.1) is 0 Å². The molecule has 1 rings (SSSR count). The Bertz CT molecular complexity index is 299. The predicted octanol–water partition coefficient (Wildman–Crippen LogP) is 0.975.